The Morgan fingerprint density at radius 2 is 2.08 bits per heavy atom. The molecule has 0 aromatic carbocycles. The maximum absolute atomic E-state index is 12.9. The number of hydrogen-bond acceptors (Lipinski definition) is 6. The fourth-order valence-corrected chi connectivity index (χ4v) is 4.19. The third-order valence-corrected chi connectivity index (χ3v) is 5.46. The molecule has 1 aromatic heterocycles. The first-order valence-electron chi connectivity index (χ1n) is 9.34. The minimum absolute atomic E-state index is 0.168. The standard InChI is InChI=1S/C17H27N5O3/c1-12-18-17(20-19-12)15-10-21(6-8-25-15)11-16(23)22-7-9-24-14-5-3-2-4-13(14)22/h13-15H,2-11H2,1H3,(H,18,19,20)/t13-,14-,15-/m0/s1. The van der Waals surface area contributed by atoms with Crippen molar-refractivity contribution in [2.75, 3.05) is 39.4 Å². The van der Waals surface area contributed by atoms with Crippen LogP contribution in [0.1, 0.15) is 43.4 Å². The summed E-state index contributed by atoms with van der Waals surface area (Å²) in [4.78, 5) is 21.5. The molecule has 0 bridgehead atoms. The molecule has 8 heteroatoms. The van der Waals surface area contributed by atoms with Gasteiger partial charge in [-0.05, 0) is 19.8 Å². The largest absolute Gasteiger partial charge is 0.374 e. The van der Waals surface area contributed by atoms with Crippen LogP contribution in [0.25, 0.3) is 0 Å². The average Bonchev–Trinajstić information content (AvgIpc) is 3.08. The van der Waals surface area contributed by atoms with Crippen LogP contribution in [0.2, 0.25) is 0 Å². The molecule has 0 unspecified atom stereocenters. The molecule has 0 spiro atoms. The molecule has 1 amide bonds. The van der Waals surface area contributed by atoms with Crippen LogP contribution in [0.3, 0.4) is 0 Å². The molecule has 25 heavy (non-hydrogen) atoms. The molecule has 1 aromatic rings. The zero-order valence-corrected chi connectivity index (χ0v) is 14.8. The Morgan fingerprint density at radius 3 is 2.92 bits per heavy atom. The van der Waals surface area contributed by atoms with E-state index in [0.717, 1.165) is 25.2 Å². The topological polar surface area (TPSA) is 83.6 Å². The van der Waals surface area contributed by atoms with Crippen LogP contribution in [-0.2, 0) is 14.3 Å². The molecule has 2 aliphatic heterocycles. The van der Waals surface area contributed by atoms with E-state index >= 15 is 0 Å². The fraction of sp³-hybridized carbons (Fsp3) is 0.824. The van der Waals surface area contributed by atoms with Crippen molar-refractivity contribution in [3.8, 4) is 0 Å². The first-order chi connectivity index (χ1) is 12.2. The Hall–Kier alpha value is -1.51. The van der Waals surface area contributed by atoms with E-state index < -0.39 is 0 Å². The Morgan fingerprint density at radius 1 is 1.24 bits per heavy atom. The third kappa shape index (κ3) is 3.70. The number of nitrogens with zero attached hydrogens (tertiary/aromatic N) is 4. The Balaban J connectivity index is 1.36. The average molecular weight is 349 g/mol. The van der Waals surface area contributed by atoms with Crippen LogP contribution in [0.4, 0.5) is 0 Å². The highest BCUT2D eigenvalue weighted by Gasteiger charge is 2.37. The van der Waals surface area contributed by atoms with Gasteiger partial charge in [0.15, 0.2) is 5.82 Å². The number of fused-ring (bicyclic) bond motifs is 1. The lowest BCUT2D eigenvalue weighted by molar-refractivity contribution is -0.152. The zero-order valence-electron chi connectivity index (χ0n) is 14.8. The van der Waals surface area contributed by atoms with E-state index in [1.54, 1.807) is 0 Å². The van der Waals surface area contributed by atoms with Gasteiger partial charge in [-0.3, -0.25) is 14.8 Å². The number of hydrogen-bond donors (Lipinski definition) is 1. The van der Waals surface area contributed by atoms with E-state index in [1.807, 2.05) is 6.92 Å². The summed E-state index contributed by atoms with van der Waals surface area (Å²) in [6.07, 6.45) is 4.62. The summed E-state index contributed by atoms with van der Waals surface area (Å²) in [6.45, 7) is 5.71. The normalized spacial score (nSPS) is 30.9. The lowest BCUT2D eigenvalue weighted by Crippen LogP contribution is -2.57. The number of rotatable bonds is 3. The molecule has 3 heterocycles. The highest BCUT2D eigenvalue weighted by atomic mass is 16.5. The predicted molar refractivity (Wildman–Crippen MR) is 90.0 cm³/mol. The minimum atomic E-state index is -0.168. The number of morpholine rings is 2. The van der Waals surface area contributed by atoms with Gasteiger partial charge in [-0.25, -0.2) is 4.98 Å². The molecular weight excluding hydrogens is 322 g/mol. The van der Waals surface area contributed by atoms with Crippen molar-refractivity contribution in [2.24, 2.45) is 0 Å². The summed E-state index contributed by atoms with van der Waals surface area (Å²) in [5, 5.41) is 7.05. The van der Waals surface area contributed by atoms with Crippen molar-refractivity contribution in [1.29, 1.82) is 0 Å². The number of carbonyl (C=O) groups excluding carboxylic acids is 1. The molecule has 1 saturated carbocycles. The van der Waals surface area contributed by atoms with E-state index in [-0.39, 0.29) is 24.2 Å². The van der Waals surface area contributed by atoms with Gasteiger partial charge in [0.1, 0.15) is 11.9 Å². The van der Waals surface area contributed by atoms with Crippen LogP contribution >= 0.6 is 0 Å². The maximum Gasteiger partial charge on any atom is 0.237 e. The summed E-state index contributed by atoms with van der Waals surface area (Å²) >= 11 is 0. The number of carbonyl (C=O) groups is 1. The second kappa shape index (κ2) is 7.39. The second-order valence-corrected chi connectivity index (χ2v) is 7.22. The number of nitrogens with one attached hydrogen (secondary N) is 1. The molecule has 4 rings (SSSR count). The van der Waals surface area contributed by atoms with E-state index in [1.165, 1.54) is 12.8 Å². The molecule has 2 saturated heterocycles. The van der Waals surface area contributed by atoms with E-state index in [9.17, 15) is 4.79 Å². The SMILES string of the molecule is Cc1nc([C@@H]2CN(CC(=O)N3CCO[C@H]4CCCC[C@@H]43)CCO2)n[nH]1. The molecule has 3 atom stereocenters. The van der Waals surface area contributed by atoms with Crippen LogP contribution in [0.15, 0.2) is 0 Å². The van der Waals surface area contributed by atoms with Crippen molar-refractivity contribution in [3.63, 3.8) is 0 Å². The number of aryl methyl sites for hydroxylation is 1. The van der Waals surface area contributed by atoms with Crippen LogP contribution in [-0.4, -0.2) is 82.4 Å². The summed E-state index contributed by atoms with van der Waals surface area (Å²) in [5.41, 5.74) is 0. The highest BCUT2D eigenvalue weighted by molar-refractivity contribution is 5.78. The summed E-state index contributed by atoms with van der Waals surface area (Å²) in [7, 11) is 0. The van der Waals surface area contributed by atoms with Crippen LogP contribution < -0.4 is 0 Å². The Kier molecular flexibility index (Phi) is 5.00. The van der Waals surface area contributed by atoms with Gasteiger partial charge in [0.25, 0.3) is 0 Å². The number of aromatic nitrogens is 3. The van der Waals surface area contributed by atoms with Gasteiger partial charge in [-0.2, -0.15) is 5.10 Å². The number of ether oxygens (including phenoxy) is 2. The molecule has 138 valence electrons. The maximum atomic E-state index is 12.9. The van der Waals surface area contributed by atoms with Crippen LogP contribution in [0, 0.1) is 6.92 Å². The number of H-pyrrole nitrogens is 1. The zero-order chi connectivity index (χ0) is 17.2. The van der Waals surface area contributed by atoms with Crippen molar-refractivity contribution in [3.05, 3.63) is 11.6 Å². The lowest BCUT2D eigenvalue weighted by Gasteiger charge is -2.44. The van der Waals surface area contributed by atoms with Crippen molar-refractivity contribution >= 4 is 5.91 Å². The van der Waals surface area contributed by atoms with Gasteiger partial charge in [-0.1, -0.05) is 12.8 Å². The molecular formula is C17H27N5O3. The molecule has 8 nitrogen and oxygen atoms in total. The van der Waals surface area contributed by atoms with Gasteiger partial charge in [-0.15, -0.1) is 0 Å². The Bertz CT molecular complexity index is 605. The van der Waals surface area contributed by atoms with Gasteiger partial charge in [0, 0.05) is 19.6 Å². The predicted octanol–water partition coefficient (Wildman–Crippen LogP) is 0.656. The lowest BCUT2D eigenvalue weighted by atomic mass is 9.90. The highest BCUT2D eigenvalue weighted by Crippen LogP contribution is 2.29. The van der Waals surface area contributed by atoms with Gasteiger partial charge >= 0.3 is 0 Å². The molecule has 3 aliphatic rings. The van der Waals surface area contributed by atoms with Crippen molar-refractivity contribution < 1.29 is 14.3 Å². The van der Waals surface area contributed by atoms with Crippen molar-refractivity contribution in [2.45, 2.75) is 50.9 Å². The quantitative estimate of drug-likeness (QED) is 0.863. The summed E-state index contributed by atoms with van der Waals surface area (Å²) in [6, 6.07) is 0.266. The third-order valence-electron chi connectivity index (χ3n) is 5.46. The van der Waals surface area contributed by atoms with Gasteiger partial charge in [0.2, 0.25) is 5.91 Å². The smallest absolute Gasteiger partial charge is 0.237 e. The van der Waals surface area contributed by atoms with Gasteiger partial charge < -0.3 is 14.4 Å². The number of aromatic amines is 1. The molecule has 3 fully saturated rings. The summed E-state index contributed by atoms with van der Waals surface area (Å²) in [5.74, 6) is 1.67. The van der Waals surface area contributed by atoms with E-state index in [2.05, 4.69) is 25.0 Å². The van der Waals surface area contributed by atoms with Gasteiger partial charge in [0.05, 0.1) is 31.9 Å². The minimum Gasteiger partial charge on any atom is -0.374 e. The number of amides is 1. The summed E-state index contributed by atoms with van der Waals surface area (Å²) < 4.78 is 11.7. The van der Waals surface area contributed by atoms with Crippen LogP contribution in [0.5, 0.6) is 0 Å². The Labute approximate surface area is 147 Å². The monoisotopic (exact) mass is 349 g/mol. The second-order valence-electron chi connectivity index (χ2n) is 7.22. The van der Waals surface area contributed by atoms with E-state index in [0.29, 0.717) is 38.7 Å². The molecule has 0 radical (unpaired) electrons. The van der Waals surface area contributed by atoms with Crippen molar-refractivity contribution in [1.82, 2.24) is 25.0 Å². The molecule has 1 N–H and O–H groups in total. The first kappa shape index (κ1) is 16.9. The molecule has 1 aliphatic carbocycles. The first-order valence-corrected chi connectivity index (χ1v) is 9.34. The van der Waals surface area contributed by atoms with E-state index in [4.69, 9.17) is 9.47 Å². The fourth-order valence-electron chi connectivity index (χ4n) is 4.19.